The topological polar surface area (TPSA) is 50.7 Å². The van der Waals surface area contributed by atoms with Crippen molar-refractivity contribution in [2.75, 3.05) is 5.32 Å². The van der Waals surface area contributed by atoms with Crippen molar-refractivity contribution in [3.8, 4) is 0 Å². The fraction of sp³-hybridized carbons (Fsp3) is 0. The van der Waals surface area contributed by atoms with Crippen molar-refractivity contribution in [1.29, 1.82) is 0 Å². The zero-order valence-electron chi connectivity index (χ0n) is 10.3. The van der Waals surface area contributed by atoms with Gasteiger partial charge in [-0.1, -0.05) is 38.9 Å². The van der Waals surface area contributed by atoms with Gasteiger partial charge in [-0.05, 0) is 30.3 Å². The molecule has 21 heavy (non-hydrogen) atoms. The Hall–Kier alpha value is -1.28. The van der Waals surface area contributed by atoms with E-state index in [0.717, 1.165) is 36.5 Å². The molecule has 0 aliphatic heterocycles. The Kier molecular flexibility index (Phi) is 3.30. The first kappa shape index (κ1) is 13.4. The van der Waals surface area contributed by atoms with Crippen LogP contribution >= 0.6 is 50.6 Å². The average Bonchev–Trinajstić information content (AvgIpc) is 3.07. The fourth-order valence-corrected chi connectivity index (χ4v) is 4.17. The van der Waals surface area contributed by atoms with Gasteiger partial charge >= 0.3 is 0 Å². The second-order valence-electron chi connectivity index (χ2n) is 4.31. The standard InChI is InChI=1S/C13H6BrClN4S2/c14-6-1-3-8-10(5-6)20-13(16-8)17-11-7(15)2-4-9-12(11)19-21-18-9/h1-5H,(H,16,17). The number of anilines is 2. The molecule has 0 aliphatic rings. The fourth-order valence-electron chi connectivity index (χ4n) is 2.00. The first-order valence-corrected chi connectivity index (χ1v) is 8.66. The summed E-state index contributed by atoms with van der Waals surface area (Å²) in [4.78, 5) is 4.56. The van der Waals surface area contributed by atoms with Crippen molar-refractivity contribution in [1.82, 2.24) is 13.7 Å². The number of nitrogens with one attached hydrogen (secondary N) is 1. The van der Waals surface area contributed by atoms with Gasteiger partial charge in [-0.2, -0.15) is 8.75 Å². The van der Waals surface area contributed by atoms with Crippen molar-refractivity contribution in [2.24, 2.45) is 0 Å². The predicted octanol–water partition coefficient (Wildman–Crippen LogP) is 5.46. The highest BCUT2D eigenvalue weighted by Crippen LogP contribution is 2.35. The highest BCUT2D eigenvalue weighted by Gasteiger charge is 2.12. The molecule has 1 N–H and O–H groups in total. The summed E-state index contributed by atoms with van der Waals surface area (Å²) < 4.78 is 10.7. The molecule has 0 aliphatic carbocycles. The lowest BCUT2D eigenvalue weighted by atomic mass is 10.2. The van der Waals surface area contributed by atoms with Gasteiger partial charge in [0.2, 0.25) is 0 Å². The summed E-state index contributed by atoms with van der Waals surface area (Å²) in [6, 6.07) is 9.68. The largest absolute Gasteiger partial charge is 0.328 e. The predicted molar refractivity (Wildman–Crippen MR) is 93.0 cm³/mol. The van der Waals surface area contributed by atoms with E-state index >= 15 is 0 Å². The summed E-state index contributed by atoms with van der Waals surface area (Å²) in [5.74, 6) is 0. The van der Waals surface area contributed by atoms with Crippen LogP contribution in [0.3, 0.4) is 0 Å². The molecule has 4 aromatic rings. The molecular weight excluding hydrogens is 392 g/mol. The van der Waals surface area contributed by atoms with Crippen molar-refractivity contribution < 1.29 is 0 Å². The van der Waals surface area contributed by atoms with Crippen LogP contribution in [0.15, 0.2) is 34.8 Å². The molecule has 0 bridgehead atoms. The van der Waals surface area contributed by atoms with E-state index in [-0.39, 0.29) is 0 Å². The van der Waals surface area contributed by atoms with Gasteiger partial charge in [-0.25, -0.2) is 4.98 Å². The SMILES string of the molecule is Clc1ccc2nsnc2c1Nc1nc2ccc(Br)cc2s1. The van der Waals surface area contributed by atoms with Gasteiger partial charge in [0.05, 0.1) is 32.7 Å². The van der Waals surface area contributed by atoms with Gasteiger partial charge in [0.15, 0.2) is 5.13 Å². The minimum absolute atomic E-state index is 0.607. The maximum atomic E-state index is 6.28. The van der Waals surface area contributed by atoms with E-state index < -0.39 is 0 Å². The van der Waals surface area contributed by atoms with Crippen LogP contribution in [0.2, 0.25) is 5.02 Å². The number of thiazole rings is 1. The summed E-state index contributed by atoms with van der Waals surface area (Å²) in [5, 5.41) is 4.66. The minimum atomic E-state index is 0.607. The first-order valence-electron chi connectivity index (χ1n) is 5.94. The molecular formula is C13H6BrClN4S2. The normalized spacial score (nSPS) is 11.3. The molecule has 4 nitrogen and oxygen atoms in total. The zero-order valence-corrected chi connectivity index (χ0v) is 14.3. The molecule has 0 saturated carbocycles. The van der Waals surface area contributed by atoms with Crippen LogP contribution in [-0.4, -0.2) is 13.7 Å². The lowest BCUT2D eigenvalue weighted by Gasteiger charge is -2.05. The van der Waals surface area contributed by atoms with Crippen LogP contribution in [-0.2, 0) is 0 Å². The lowest BCUT2D eigenvalue weighted by molar-refractivity contribution is 1.44. The van der Waals surface area contributed by atoms with Crippen LogP contribution in [0, 0.1) is 0 Å². The minimum Gasteiger partial charge on any atom is -0.328 e. The lowest BCUT2D eigenvalue weighted by Crippen LogP contribution is -1.91. The van der Waals surface area contributed by atoms with Crippen LogP contribution in [0.4, 0.5) is 10.8 Å². The molecule has 0 fully saturated rings. The summed E-state index contributed by atoms with van der Waals surface area (Å²) >= 11 is 12.5. The number of fused-ring (bicyclic) bond motifs is 2. The maximum Gasteiger partial charge on any atom is 0.188 e. The Bertz CT molecular complexity index is 965. The second kappa shape index (κ2) is 5.17. The third kappa shape index (κ3) is 2.40. The van der Waals surface area contributed by atoms with E-state index in [1.54, 1.807) is 11.3 Å². The van der Waals surface area contributed by atoms with E-state index in [9.17, 15) is 0 Å². The number of halogens is 2. The van der Waals surface area contributed by atoms with Crippen LogP contribution < -0.4 is 5.32 Å². The molecule has 2 heterocycles. The number of nitrogens with zero attached hydrogens (tertiary/aromatic N) is 3. The van der Waals surface area contributed by atoms with E-state index in [0.29, 0.717) is 5.02 Å². The summed E-state index contributed by atoms with van der Waals surface area (Å²) in [6.07, 6.45) is 0. The Morgan fingerprint density at radius 1 is 1.10 bits per heavy atom. The molecule has 2 aromatic heterocycles. The Morgan fingerprint density at radius 2 is 1.95 bits per heavy atom. The molecule has 0 amide bonds. The number of rotatable bonds is 2. The van der Waals surface area contributed by atoms with Crippen molar-refractivity contribution in [2.45, 2.75) is 0 Å². The number of hydrogen-bond acceptors (Lipinski definition) is 6. The van der Waals surface area contributed by atoms with Gasteiger partial charge in [0, 0.05) is 4.47 Å². The number of benzene rings is 2. The highest BCUT2D eigenvalue weighted by atomic mass is 79.9. The van der Waals surface area contributed by atoms with Gasteiger partial charge in [-0.3, -0.25) is 0 Å². The van der Waals surface area contributed by atoms with Gasteiger partial charge < -0.3 is 5.32 Å². The van der Waals surface area contributed by atoms with Gasteiger partial charge in [-0.15, -0.1) is 0 Å². The summed E-state index contributed by atoms with van der Waals surface area (Å²) in [5.41, 5.74) is 3.30. The van der Waals surface area contributed by atoms with Crippen LogP contribution in [0.5, 0.6) is 0 Å². The van der Waals surface area contributed by atoms with Crippen molar-refractivity contribution in [3.05, 3.63) is 39.8 Å². The molecule has 0 radical (unpaired) electrons. The quantitative estimate of drug-likeness (QED) is 0.488. The van der Waals surface area contributed by atoms with E-state index in [4.69, 9.17) is 11.6 Å². The zero-order chi connectivity index (χ0) is 14.4. The van der Waals surface area contributed by atoms with Crippen molar-refractivity contribution >= 4 is 82.7 Å². The molecule has 0 spiro atoms. The molecule has 0 unspecified atom stereocenters. The number of hydrogen-bond donors (Lipinski definition) is 1. The summed E-state index contributed by atoms with van der Waals surface area (Å²) in [6.45, 7) is 0. The molecule has 2 aromatic carbocycles. The maximum absolute atomic E-state index is 6.28. The highest BCUT2D eigenvalue weighted by molar-refractivity contribution is 9.10. The van der Waals surface area contributed by atoms with Crippen molar-refractivity contribution in [3.63, 3.8) is 0 Å². The van der Waals surface area contributed by atoms with E-state index in [1.807, 2.05) is 30.3 Å². The monoisotopic (exact) mass is 396 g/mol. The molecule has 4 rings (SSSR count). The average molecular weight is 398 g/mol. The molecule has 8 heteroatoms. The van der Waals surface area contributed by atoms with Crippen LogP contribution in [0.1, 0.15) is 0 Å². The third-order valence-corrected chi connectivity index (χ3v) is 5.24. The third-order valence-electron chi connectivity index (χ3n) is 2.96. The molecule has 104 valence electrons. The van der Waals surface area contributed by atoms with Gasteiger partial charge in [0.25, 0.3) is 0 Å². The van der Waals surface area contributed by atoms with E-state index in [1.165, 1.54) is 11.7 Å². The number of aromatic nitrogens is 3. The van der Waals surface area contributed by atoms with E-state index in [2.05, 4.69) is 35.0 Å². The van der Waals surface area contributed by atoms with Crippen LogP contribution in [0.25, 0.3) is 21.3 Å². The summed E-state index contributed by atoms with van der Waals surface area (Å²) in [7, 11) is 0. The smallest absolute Gasteiger partial charge is 0.188 e. The second-order valence-corrected chi connectivity index (χ2v) is 7.19. The molecule has 0 saturated heterocycles. The Morgan fingerprint density at radius 3 is 2.86 bits per heavy atom. The Labute approximate surface area is 141 Å². The molecule has 0 atom stereocenters. The first-order chi connectivity index (χ1) is 10.2. The van der Waals surface area contributed by atoms with Gasteiger partial charge in [0.1, 0.15) is 11.0 Å². The Balaban J connectivity index is 1.82.